The molecule has 5 heteroatoms. The summed E-state index contributed by atoms with van der Waals surface area (Å²) in [5.41, 5.74) is 1.32. The van der Waals surface area contributed by atoms with Gasteiger partial charge in [0.05, 0.1) is 0 Å². The van der Waals surface area contributed by atoms with Gasteiger partial charge >= 0.3 is 0 Å². The first-order chi connectivity index (χ1) is 6.55. The van der Waals surface area contributed by atoms with Gasteiger partial charge in [0.2, 0.25) is 0 Å². The van der Waals surface area contributed by atoms with Gasteiger partial charge in [-0.1, -0.05) is 39.3 Å². The van der Waals surface area contributed by atoms with E-state index in [0.29, 0.717) is 0 Å². The molecule has 0 aliphatic rings. The smallest absolute Gasteiger partial charge is 0.163 e. The molecule has 86 valence electrons. The van der Waals surface area contributed by atoms with Crippen molar-refractivity contribution in [2.24, 2.45) is 0 Å². The number of hydrogen-bond donors (Lipinski definition) is 0. The van der Waals surface area contributed by atoms with Gasteiger partial charge in [-0.3, -0.25) is 0 Å². The minimum atomic E-state index is -1.37. The Hall–Kier alpha value is -0.136. The van der Waals surface area contributed by atoms with E-state index in [4.69, 9.17) is 12.2 Å². The third-order valence-corrected chi connectivity index (χ3v) is 6.86. The second-order valence-electron chi connectivity index (χ2n) is 6.10. The topological polar surface area (TPSA) is 9.86 Å². The van der Waals surface area contributed by atoms with Crippen LogP contribution in [-0.2, 0) is 0 Å². The molecule has 0 saturated heterocycles. The van der Waals surface area contributed by atoms with Crippen molar-refractivity contribution in [3.63, 3.8) is 0 Å². The Bertz CT molecular complexity index is 418. The van der Waals surface area contributed by atoms with Crippen LogP contribution in [0, 0.1) is 11.7 Å². The Morgan fingerprint density at radius 3 is 1.67 bits per heavy atom. The van der Waals surface area contributed by atoms with Crippen molar-refractivity contribution >= 4 is 28.7 Å². The van der Waals surface area contributed by atoms with Crippen LogP contribution in [0.1, 0.15) is 5.69 Å². The van der Waals surface area contributed by atoms with Gasteiger partial charge in [0.15, 0.2) is 21.2 Å². The van der Waals surface area contributed by atoms with Gasteiger partial charge in [-0.05, 0) is 19.1 Å². The molecule has 0 aliphatic carbocycles. The Morgan fingerprint density at radius 2 is 1.47 bits per heavy atom. The fourth-order valence-corrected chi connectivity index (χ4v) is 6.84. The zero-order valence-corrected chi connectivity index (χ0v) is 13.7. The molecule has 1 aromatic heterocycles. The van der Waals surface area contributed by atoms with Gasteiger partial charge in [-0.25, -0.2) is 0 Å². The first-order valence-electron chi connectivity index (χ1n) is 5.37. The van der Waals surface area contributed by atoms with Crippen molar-refractivity contribution in [2.75, 3.05) is 0 Å². The minimum absolute atomic E-state index is 1.03. The molecular formula is C10H22N2SSi2. The van der Waals surface area contributed by atoms with E-state index in [-0.39, 0.29) is 0 Å². The van der Waals surface area contributed by atoms with E-state index in [1.54, 1.807) is 0 Å². The summed E-state index contributed by atoms with van der Waals surface area (Å²) in [5.74, 6) is 0. The van der Waals surface area contributed by atoms with Crippen molar-refractivity contribution in [3.8, 4) is 0 Å². The second kappa shape index (κ2) is 3.71. The second-order valence-corrected chi connectivity index (χ2v) is 16.1. The standard InChI is InChI=1S/C10H22N2SSi2/c1-9-8-11(14(2,3)4)10(13)12(9)15(5,6)7/h8H,1-7H3. The molecule has 2 nitrogen and oxygen atoms in total. The average Bonchev–Trinajstić information content (AvgIpc) is 2.22. The fraction of sp³-hybridized carbons (Fsp3) is 0.700. The molecule has 0 spiro atoms. The van der Waals surface area contributed by atoms with Crippen LogP contribution in [0.4, 0.5) is 0 Å². The number of imidazole rings is 1. The maximum absolute atomic E-state index is 5.60. The summed E-state index contributed by atoms with van der Waals surface area (Å²) < 4.78 is 5.77. The highest BCUT2D eigenvalue weighted by molar-refractivity contribution is 7.71. The van der Waals surface area contributed by atoms with Crippen LogP contribution >= 0.6 is 12.2 Å². The van der Waals surface area contributed by atoms with Crippen LogP contribution < -0.4 is 0 Å². The molecule has 0 radical (unpaired) electrons. The fourth-order valence-electron chi connectivity index (χ4n) is 1.85. The summed E-state index contributed by atoms with van der Waals surface area (Å²) in [7, 11) is -2.72. The molecule has 0 unspecified atom stereocenters. The van der Waals surface area contributed by atoms with Crippen LogP contribution in [0.3, 0.4) is 0 Å². The van der Waals surface area contributed by atoms with Gasteiger partial charge in [-0.15, -0.1) is 0 Å². The molecular weight excluding hydrogens is 236 g/mol. The van der Waals surface area contributed by atoms with Gasteiger partial charge in [-0.2, -0.15) is 0 Å². The summed E-state index contributed by atoms with van der Waals surface area (Å²) in [6.45, 7) is 16.2. The lowest BCUT2D eigenvalue weighted by Crippen LogP contribution is -2.36. The number of hydrogen-bond acceptors (Lipinski definition) is 1. The molecule has 0 aliphatic heterocycles. The monoisotopic (exact) mass is 258 g/mol. The molecule has 0 saturated carbocycles. The first kappa shape index (κ1) is 12.9. The van der Waals surface area contributed by atoms with Crippen LogP contribution in [0.2, 0.25) is 39.3 Å². The highest BCUT2D eigenvalue weighted by atomic mass is 32.1. The highest BCUT2D eigenvalue weighted by Crippen LogP contribution is 2.17. The number of nitrogens with zero attached hydrogens (tertiary/aromatic N) is 2. The highest BCUT2D eigenvalue weighted by Gasteiger charge is 2.25. The van der Waals surface area contributed by atoms with Gasteiger partial charge in [0, 0.05) is 11.9 Å². The van der Waals surface area contributed by atoms with Crippen molar-refractivity contribution in [1.29, 1.82) is 0 Å². The average molecular weight is 259 g/mol. The van der Waals surface area contributed by atoms with Gasteiger partial charge < -0.3 is 8.47 Å². The third kappa shape index (κ3) is 2.51. The summed E-state index contributed by atoms with van der Waals surface area (Å²) in [4.78, 5) is 0. The molecule has 0 aromatic carbocycles. The van der Waals surface area contributed by atoms with E-state index >= 15 is 0 Å². The SMILES string of the molecule is Cc1cn([Si](C)(C)C)c(=S)n1[Si](C)(C)C. The summed E-state index contributed by atoms with van der Waals surface area (Å²) >= 11 is 5.60. The molecule has 0 N–H and O–H groups in total. The van der Waals surface area contributed by atoms with E-state index in [1.807, 2.05) is 0 Å². The van der Waals surface area contributed by atoms with E-state index in [2.05, 4.69) is 60.9 Å². The maximum atomic E-state index is 5.60. The maximum Gasteiger partial charge on any atom is 0.163 e. The van der Waals surface area contributed by atoms with E-state index in [1.165, 1.54) is 5.69 Å². The van der Waals surface area contributed by atoms with Crippen LogP contribution in [0.5, 0.6) is 0 Å². The lowest BCUT2D eigenvalue weighted by Gasteiger charge is -2.22. The van der Waals surface area contributed by atoms with Crippen molar-refractivity contribution in [2.45, 2.75) is 46.2 Å². The first-order valence-corrected chi connectivity index (χ1v) is 12.7. The summed E-state index contributed by atoms with van der Waals surface area (Å²) in [6.07, 6.45) is 2.24. The van der Waals surface area contributed by atoms with Gasteiger partial charge in [0.1, 0.15) is 0 Å². The summed E-state index contributed by atoms with van der Waals surface area (Å²) in [6, 6.07) is 0. The van der Waals surface area contributed by atoms with Crippen LogP contribution in [-0.4, -0.2) is 24.9 Å². The Labute approximate surface area is 100 Å². The lowest BCUT2D eigenvalue weighted by atomic mass is 10.6. The molecule has 15 heavy (non-hydrogen) atoms. The number of aryl methyl sites for hydroxylation is 1. The number of aromatic nitrogens is 2. The Balaban J connectivity index is 3.48. The van der Waals surface area contributed by atoms with E-state index in [9.17, 15) is 0 Å². The molecule has 1 heterocycles. The van der Waals surface area contributed by atoms with E-state index < -0.39 is 16.5 Å². The van der Waals surface area contributed by atoms with Crippen LogP contribution in [0.15, 0.2) is 6.20 Å². The quantitative estimate of drug-likeness (QED) is 0.581. The van der Waals surface area contributed by atoms with Crippen LogP contribution in [0.25, 0.3) is 0 Å². The largest absolute Gasteiger partial charge is 0.352 e. The van der Waals surface area contributed by atoms with Gasteiger partial charge in [0.25, 0.3) is 0 Å². The Kier molecular flexibility index (Phi) is 3.20. The molecule has 0 amide bonds. The molecule has 0 atom stereocenters. The number of rotatable bonds is 2. The summed E-state index contributed by atoms with van der Waals surface area (Å²) in [5, 5.41) is 0. The van der Waals surface area contributed by atoms with Crippen molar-refractivity contribution in [1.82, 2.24) is 8.47 Å². The zero-order valence-electron chi connectivity index (χ0n) is 10.9. The molecule has 1 aromatic rings. The predicted molar refractivity (Wildman–Crippen MR) is 75.5 cm³/mol. The van der Waals surface area contributed by atoms with Crippen molar-refractivity contribution in [3.05, 3.63) is 16.7 Å². The minimum Gasteiger partial charge on any atom is -0.352 e. The predicted octanol–water partition coefficient (Wildman–Crippen LogP) is 3.69. The lowest BCUT2D eigenvalue weighted by molar-refractivity contribution is 1.01. The third-order valence-electron chi connectivity index (χ3n) is 2.46. The molecule has 1 rings (SSSR count). The molecule has 0 bridgehead atoms. The molecule has 0 fully saturated rings. The van der Waals surface area contributed by atoms with E-state index in [0.717, 1.165) is 4.77 Å². The van der Waals surface area contributed by atoms with Crippen molar-refractivity contribution < 1.29 is 0 Å². The normalized spacial score (nSPS) is 13.3. The zero-order chi connectivity index (χ0) is 12.0. The Morgan fingerprint density at radius 1 is 1.00 bits per heavy atom.